The largest absolute Gasteiger partial charge is 0.350 e. The first-order valence-electron chi connectivity index (χ1n) is 3.87. The summed E-state index contributed by atoms with van der Waals surface area (Å²) in [5.41, 5.74) is -0.241. The summed E-state index contributed by atoms with van der Waals surface area (Å²) < 4.78 is 0. The van der Waals surface area contributed by atoms with Crippen molar-refractivity contribution in [3.8, 4) is 0 Å². The molecular formula is C8H16N2O2. The van der Waals surface area contributed by atoms with Crippen LogP contribution in [0.5, 0.6) is 0 Å². The Morgan fingerprint density at radius 3 is 2.08 bits per heavy atom. The van der Waals surface area contributed by atoms with Crippen molar-refractivity contribution < 1.29 is 9.59 Å². The molecule has 12 heavy (non-hydrogen) atoms. The van der Waals surface area contributed by atoms with Gasteiger partial charge in [0.2, 0.25) is 11.8 Å². The van der Waals surface area contributed by atoms with Gasteiger partial charge in [0.05, 0.1) is 6.54 Å². The zero-order valence-corrected chi connectivity index (χ0v) is 8.02. The first-order valence-corrected chi connectivity index (χ1v) is 3.87. The van der Waals surface area contributed by atoms with Crippen molar-refractivity contribution >= 4 is 11.8 Å². The summed E-state index contributed by atoms with van der Waals surface area (Å²) in [6.07, 6.45) is 0. The molecule has 0 heterocycles. The molecule has 0 aromatic heterocycles. The van der Waals surface area contributed by atoms with E-state index in [9.17, 15) is 9.59 Å². The standard InChI is InChI=1S/C8H16N2O2/c1-6(11)9-5-7(12)10-8(2,3)4/h5H2,1-4H3,(H,9,11)(H,10,12). The van der Waals surface area contributed by atoms with Gasteiger partial charge in [-0.15, -0.1) is 0 Å². The van der Waals surface area contributed by atoms with Crippen molar-refractivity contribution in [2.75, 3.05) is 6.54 Å². The highest BCUT2D eigenvalue weighted by Crippen LogP contribution is 1.96. The maximum atomic E-state index is 11.0. The Kier molecular flexibility index (Phi) is 3.73. The molecule has 4 nitrogen and oxygen atoms in total. The average molecular weight is 172 g/mol. The van der Waals surface area contributed by atoms with Crippen molar-refractivity contribution in [3.05, 3.63) is 0 Å². The van der Waals surface area contributed by atoms with Gasteiger partial charge in [-0.25, -0.2) is 0 Å². The lowest BCUT2D eigenvalue weighted by atomic mass is 10.1. The third-order valence-corrected chi connectivity index (χ3v) is 1.01. The predicted octanol–water partition coefficient (Wildman–Crippen LogP) is 0.0372. The third kappa shape index (κ3) is 7.05. The number of carbonyl (C=O) groups is 2. The molecule has 0 aliphatic heterocycles. The van der Waals surface area contributed by atoms with Gasteiger partial charge in [0.1, 0.15) is 0 Å². The molecule has 2 N–H and O–H groups in total. The minimum atomic E-state index is -0.241. The van der Waals surface area contributed by atoms with Gasteiger partial charge in [-0.3, -0.25) is 9.59 Å². The van der Waals surface area contributed by atoms with E-state index < -0.39 is 0 Å². The summed E-state index contributed by atoms with van der Waals surface area (Å²) >= 11 is 0. The zero-order chi connectivity index (χ0) is 9.78. The van der Waals surface area contributed by atoms with Gasteiger partial charge < -0.3 is 10.6 Å². The molecule has 0 bridgehead atoms. The topological polar surface area (TPSA) is 58.2 Å². The SMILES string of the molecule is CC(=O)NCC(=O)NC(C)(C)C. The van der Waals surface area contributed by atoms with Crippen LogP contribution in [-0.2, 0) is 9.59 Å². The van der Waals surface area contributed by atoms with Crippen LogP contribution in [0.2, 0.25) is 0 Å². The third-order valence-electron chi connectivity index (χ3n) is 1.01. The van der Waals surface area contributed by atoms with Crippen LogP contribution >= 0.6 is 0 Å². The Labute approximate surface area is 72.7 Å². The van der Waals surface area contributed by atoms with E-state index in [1.165, 1.54) is 6.92 Å². The van der Waals surface area contributed by atoms with Gasteiger partial charge in [0.15, 0.2) is 0 Å². The van der Waals surface area contributed by atoms with Gasteiger partial charge in [-0.1, -0.05) is 0 Å². The van der Waals surface area contributed by atoms with Crippen molar-refractivity contribution in [2.24, 2.45) is 0 Å². The minimum Gasteiger partial charge on any atom is -0.350 e. The summed E-state index contributed by atoms with van der Waals surface area (Å²) in [5, 5.41) is 5.14. The predicted molar refractivity (Wildman–Crippen MR) is 46.6 cm³/mol. The van der Waals surface area contributed by atoms with Gasteiger partial charge >= 0.3 is 0 Å². The monoisotopic (exact) mass is 172 g/mol. The molecule has 0 fully saturated rings. The van der Waals surface area contributed by atoms with E-state index in [-0.39, 0.29) is 23.9 Å². The van der Waals surface area contributed by atoms with Crippen LogP contribution in [-0.4, -0.2) is 23.9 Å². The van der Waals surface area contributed by atoms with E-state index >= 15 is 0 Å². The summed E-state index contributed by atoms with van der Waals surface area (Å²) in [5.74, 6) is -0.364. The van der Waals surface area contributed by atoms with Crippen molar-refractivity contribution in [2.45, 2.75) is 33.2 Å². The molecule has 0 spiro atoms. The Morgan fingerprint density at radius 2 is 1.75 bits per heavy atom. The Hall–Kier alpha value is -1.06. The summed E-state index contributed by atoms with van der Waals surface area (Å²) in [7, 11) is 0. The molecule has 0 saturated carbocycles. The van der Waals surface area contributed by atoms with Crippen molar-refractivity contribution in [1.29, 1.82) is 0 Å². The van der Waals surface area contributed by atoms with Crippen LogP contribution in [0.3, 0.4) is 0 Å². The fourth-order valence-corrected chi connectivity index (χ4v) is 0.667. The number of nitrogens with one attached hydrogen (secondary N) is 2. The van der Waals surface area contributed by atoms with Crippen molar-refractivity contribution in [3.63, 3.8) is 0 Å². The highest BCUT2D eigenvalue weighted by molar-refractivity contribution is 5.83. The number of rotatable bonds is 2. The molecular weight excluding hydrogens is 156 g/mol. The maximum absolute atomic E-state index is 11.0. The average Bonchev–Trinajstić information content (AvgIpc) is 1.79. The summed E-state index contributed by atoms with van der Waals surface area (Å²) in [6.45, 7) is 7.09. The lowest BCUT2D eigenvalue weighted by molar-refractivity contribution is -0.125. The fraction of sp³-hybridized carbons (Fsp3) is 0.750. The molecule has 0 aromatic rings. The van der Waals surface area contributed by atoms with Gasteiger partial charge in [0, 0.05) is 12.5 Å². The normalized spacial score (nSPS) is 10.7. The molecule has 0 unspecified atom stereocenters. The van der Waals surface area contributed by atoms with Crippen LogP contribution < -0.4 is 10.6 Å². The molecule has 0 aliphatic rings. The molecule has 4 heteroatoms. The fourth-order valence-electron chi connectivity index (χ4n) is 0.667. The molecule has 2 amide bonds. The van der Waals surface area contributed by atoms with E-state index in [4.69, 9.17) is 0 Å². The second kappa shape index (κ2) is 4.09. The molecule has 0 saturated heterocycles. The maximum Gasteiger partial charge on any atom is 0.239 e. The summed E-state index contributed by atoms with van der Waals surface area (Å²) in [4.78, 5) is 21.5. The number of hydrogen-bond donors (Lipinski definition) is 2. The Bertz CT molecular complexity index is 182. The quantitative estimate of drug-likeness (QED) is 0.617. The molecule has 0 aromatic carbocycles. The molecule has 0 radical (unpaired) electrons. The lowest BCUT2D eigenvalue weighted by Crippen LogP contribution is -2.45. The molecule has 0 atom stereocenters. The van der Waals surface area contributed by atoms with Crippen LogP contribution in [0, 0.1) is 0 Å². The number of hydrogen-bond acceptors (Lipinski definition) is 2. The van der Waals surface area contributed by atoms with Crippen molar-refractivity contribution in [1.82, 2.24) is 10.6 Å². The molecule has 0 rings (SSSR count). The van der Waals surface area contributed by atoms with Crippen LogP contribution in [0.1, 0.15) is 27.7 Å². The van der Waals surface area contributed by atoms with Crippen LogP contribution in [0.15, 0.2) is 0 Å². The van der Waals surface area contributed by atoms with Gasteiger partial charge in [0.25, 0.3) is 0 Å². The molecule has 0 aliphatic carbocycles. The minimum absolute atomic E-state index is 0.0482. The highest BCUT2D eigenvalue weighted by Gasteiger charge is 2.12. The van der Waals surface area contributed by atoms with Gasteiger partial charge in [-0.05, 0) is 20.8 Å². The first-order chi connectivity index (χ1) is 5.31. The number of amides is 2. The molecule has 70 valence electrons. The smallest absolute Gasteiger partial charge is 0.239 e. The second-order valence-corrected chi connectivity index (χ2v) is 3.71. The van der Waals surface area contributed by atoms with E-state index in [1.807, 2.05) is 20.8 Å². The van der Waals surface area contributed by atoms with Crippen LogP contribution in [0.4, 0.5) is 0 Å². The highest BCUT2D eigenvalue weighted by atomic mass is 16.2. The first kappa shape index (κ1) is 10.9. The number of carbonyl (C=O) groups excluding carboxylic acids is 2. The van der Waals surface area contributed by atoms with E-state index in [1.54, 1.807) is 0 Å². The van der Waals surface area contributed by atoms with E-state index in [0.29, 0.717) is 0 Å². The second-order valence-electron chi connectivity index (χ2n) is 3.71. The van der Waals surface area contributed by atoms with Crippen LogP contribution in [0.25, 0.3) is 0 Å². The van der Waals surface area contributed by atoms with E-state index in [2.05, 4.69) is 10.6 Å². The Balaban J connectivity index is 3.68. The zero-order valence-electron chi connectivity index (χ0n) is 8.02. The Morgan fingerprint density at radius 1 is 1.25 bits per heavy atom. The van der Waals surface area contributed by atoms with Gasteiger partial charge in [-0.2, -0.15) is 0 Å². The summed E-state index contributed by atoms with van der Waals surface area (Å²) in [6, 6.07) is 0. The van der Waals surface area contributed by atoms with E-state index in [0.717, 1.165) is 0 Å². The lowest BCUT2D eigenvalue weighted by Gasteiger charge is -2.20.